The molecular formula is C29H35NO3. The smallest absolute Gasteiger partial charge is 0.335 e. The van der Waals surface area contributed by atoms with Crippen LogP contribution in [0.2, 0.25) is 0 Å². The SMILES string of the molecule is CC(C)C(N)(CC(c1ccccc1)c1cc(C(=O)O)ccc1OCc1ccccc1)C(C)C. The van der Waals surface area contributed by atoms with Crippen LogP contribution < -0.4 is 10.5 Å². The third-order valence-electron chi connectivity index (χ3n) is 6.78. The quantitative estimate of drug-likeness (QED) is 0.374. The molecule has 0 saturated heterocycles. The molecule has 0 heterocycles. The van der Waals surface area contributed by atoms with E-state index in [4.69, 9.17) is 10.5 Å². The number of carboxylic acids is 1. The van der Waals surface area contributed by atoms with Crippen LogP contribution in [-0.2, 0) is 6.61 Å². The van der Waals surface area contributed by atoms with E-state index in [1.165, 1.54) is 0 Å². The fourth-order valence-electron chi connectivity index (χ4n) is 4.40. The molecule has 1 atom stereocenters. The van der Waals surface area contributed by atoms with Crippen LogP contribution in [-0.4, -0.2) is 16.6 Å². The van der Waals surface area contributed by atoms with Crippen molar-refractivity contribution in [2.45, 2.75) is 52.2 Å². The molecule has 0 amide bonds. The molecule has 0 aliphatic carbocycles. The zero-order valence-electron chi connectivity index (χ0n) is 20.0. The summed E-state index contributed by atoms with van der Waals surface area (Å²) in [5.74, 6) is 0.128. The van der Waals surface area contributed by atoms with Crippen molar-refractivity contribution in [3.63, 3.8) is 0 Å². The van der Waals surface area contributed by atoms with Crippen LogP contribution in [0.1, 0.15) is 67.1 Å². The van der Waals surface area contributed by atoms with E-state index in [9.17, 15) is 9.90 Å². The van der Waals surface area contributed by atoms with E-state index in [1.807, 2.05) is 48.5 Å². The molecule has 0 saturated carbocycles. The molecule has 4 nitrogen and oxygen atoms in total. The van der Waals surface area contributed by atoms with Gasteiger partial charge in [0.05, 0.1) is 5.56 Å². The van der Waals surface area contributed by atoms with Gasteiger partial charge in [-0.2, -0.15) is 0 Å². The zero-order chi connectivity index (χ0) is 24.0. The predicted octanol–water partition coefficient (Wildman–Crippen LogP) is 6.50. The fourth-order valence-corrected chi connectivity index (χ4v) is 4.40. The highest BCUT2D eigenvalue weighted by Gasteiger charge is 2.37. The van der Waals surface area contributed by atoms with Gasteiger partial charge in [-0.25, -0.2) is 4.79 Å². The molecular weight excluding hydrogens is 410 g/mol. The Morgan fingerprint density at radius 1 is 0.909 bits per heavy atom. The molecule has 0 spiro atoms. The fraction of sp³-hybridized carbons (Fsp3) is 0.345. The molecule has 0 aromatic heterocycles. The second-order valence-corrected chi connectivity index (χ2v) is 9.42. The predicted molar refractivity (Wildman–Crippen MR) is 134 cm³/mol. The lowest BCUT2D eigenvalue weighted by Crippen LogP contribution is -2.51. The number of carbonyl (C=O) groups is 1. The number of benzene rings is 3. The number of ether oxygens (including phenoxy) is 1. The van der Waals surface area contributed by atoms with Crippen molar-refractivity contribution in [1.82, 2.24) is 0 Å². The van der Waals surface area contributed by atoms with E-state index >= 15 is 0 Å². The molecule has 3 aromatic rings. The average molecular weight is 446 g/mol. The number of hydrogen-bond acceptors (Lipinski definition) is 3. The van der Waals surface area contributed by atoms with E-state index in [0.29, 0.717) is 18.8 Å². The molecule has 3 N–H and O–H groups in total. The topological polar surface area (TPSA) is 72.6 Å². The highest BCUT2D eigenvalue weighted by Crippen LogP contribution is 2.42. The maximum atomic E-state index is 11.8. The summed E-state index contributed by atoms with van der Waals surface area (Å²) in [6.07, 6.45) is 0.678. The molecule has 0 fully saturated rings. The van der Waals surface area contributed by atoms with Crippen molar-refractivity contribution in [3.05, 3.63) is 101 Å². The van der Waals surface area contributed by atoms with Gasteiger partial charge < -0.3 is 15.6 Å². The van der Waals surface area contributed by atoms with Gasteiger partial charge in [-0.3, -0.25) is 0 Å². The molecule has 174 valence electrons. The van der Waals surface area contributed by atoms with Gasteiger partial charge >= 0.3 is 5.97 Å². The zero-order valence-corrected chi connectivity index (χ0v) is 20.0. The van der Waals surface area contributed by atoms with Gasteiger partial charge in [0.15, 0.2) is 0 Å². The largest absolute Gasteiger partial charge is 0.489 e. The third-order valence-corrected chi connectivity index (χ3v) is 6.78. The van der Waals surface area contributed by atoms with Crippen LogP contribution in [0.3, 0.4) is 0 Å². The van der Waals surface area contributed by atoms with E-state index in [-0.39, 0.29) is 23.3 Å². The first-order chi connectivity index (χ1) is 15.7. The van der Waals surface area contributed by atoms with Crippen LogP contribution >= 0.6 is 0 Å². The average Bonchev–Trinajstić information content (AvgIpc) is 2.82. The molecule has 0 bridgehead atoms. The van der Waals surface area contributed by atoms with Crippen LogP contribution in [0.4, 0.5) is 0 Å². The Kier molecular flexibility index (Phi) is 7.93. The van der Waals surface area contributed by atoms with Crippen LogP contribution in [0.25, 0.3) is 0 Å². The highest BCUT2D eigenvalue weighted by molar-refractivity contribution is 5.88. The lowest BCUT2D eigenvalue weighted by molar-refractivity contribution is 0.0696. The molecule has 0 radical (unpaired) electrons. The minimum Gasteiger partial charge on any atom is -0.489 e. The molecule has 1 unspecified atom stereocenters. The van der Waals surface area contributed by atoms with Crippen molar-refractivity contribution in [2.24, 2.45) is 17.6 Å². The minimum atomic E-state index is -0.954. The molecule has 0 aliphatic heterocycles. The van der Waals surface area contributed by atoms with E-state index in [2.05, 4.69) is 39.8 Å². The summed E-state index contributed by atoms with van der Waals surface area (Å²) in [6, 6.07) is 25.3. The Morgan fingerprint density at radius 2 is 1.48 bits per heavy atom. The summed E-state index contributed by atoms with van der Waals surface area (Å²) in [5, 5.41) is 9.70. The monoisotopic (exact) mass is 445 g/mol. The van der Waals surface area contributed by atoms with Crippen molar-refractivity contribution in [1.29, 1.82) is 0 Å². The van der Waals surface area contributed by atoms with Gasteiger partial charge in [-0.15, -0.1) is 0 Å². The maximum Gasteiger partial charge on any atom is 0.335 e. The molecule has 33 heavy (non-hydrogen) atoms. The van der Waals surface area contributed by atoms with Crippen molar-refractivity contribution in [3.8, 4) is 5.75 Å². The van der Waals surface area contributed by atoms with Gasteiger partial charge in [-0.1, -0.05) is 88.4 Å². The first-order valence-electron chi connectivity index (χ1n) is 11.6. The summed E-state index contributed by atoms with van der Waals surface area (Å²) in [4.78, 5) is 11.8. The van der Waals surface area contributed by atoms with Gasteiger partial charge in [0.25, 0.3) is 0 Å². The van der Waals surface area contributed by atoms with Crippen molar-refractivity contribution in [2.75, 3.05) is 0 Å². The summed E-state index contributed by atoms with van der Waals surface area (Å²) in [6.45, 7) is 9.03. The van der Waals surface area contributed by atoms with E-state index in [1.54, 1.807) is 18.2 Å². The first-order valence-corrected chi connectivity index (χ1v) is 11.6. The number of aromatic carboxylic acids is 1. The summed E-state index contributed by atoms with van der Waals surface area (Å²) >= 11 is 0. The molecule has 3 aromatic carbocycles. The van der Waals surface area contributed by atoms with Gasteiger partial charge in [0.2, 0.25) is 0 Å². The second kappa shape index (κ2) is 10.7. The molecule has 0 aliphatic rings. The van der Waals surface area contributed by atoms with Gasteiger partial charge in [-0.05, 0) is 47.6 Å². The van der Waals surface area contributed by atoms with Crippen LogP contribution in [0.5, 0.6) is 5.75 Å². The maximum absolute atomic E-state index is 11.8. The van der Waals surface area contributed by atoms with Gasteiger partial charge in [0, 0.05) is 17.0 Å². The summed E-state index contributed by atoms with van der Waals surface area (Å²) in [7, 11) is 0. The summed E-state index contributed by atoms with van der Waals surface area (Å²) < 4.78 is 6.26. The first kappa shape index (κ1) is 24.5. The minimum absolute atomic E-state index is 0.105. The molecule has 3 rings (SSSR count). The molecule has 4 heteroatoms. The number of carboxylic acid groups (broad SMARTS) is 1. The van der Waals surface area contributed by atoms with E-state index in [0.717, 1.165) is 16.7 Å². The summed E-state index contributed by atoms with van der Waals surface area (Å²) in [5.41, 5.74) is 9.83. The van der Waals surface area contributed by atoms with E-state index < -0.39 is 11.5 Å². The lowest BCUT2D eigenvalue weighted by Gasteiger charge is -2.41. The Balaban J connectivity index is 2.10. The Labute approximate surface area is 197 Å². The second-order valence-electron chi connectivity index (χ2n) is 9.42. The van der Waals surface area contributed by atoms with Crippen LogP contribution in [0, 0.1) is 11.8 Å². The Hall–Kier alpha value is -3.11. The van der Waals surface area contributed by atoms with Gasteiger partial charge in [0.1, 0.15) is 12.4 Å². The van der Waals surface area contributed by atoms with Crippen LogP contribution in [0.15, 0.2) is 78.9 Å². The highest BCUT2D eigenvalue weighted by atomic mass is 16.5. The number of hydrogen-bond donors (Lipinski definition) is 2. The Morgan fingerprint density at radius 3 is 2.03 bits per heavy atom. The van der Waals surface area contributed by atoms with Crippen molar-refractivity contribution >= 4 is 5.97 Å². The third kappa shape index (κ3) is 5.82. The number of nitrogens with two attached hydrogens (primary N) is 1. The normalized spacial score (nSPS) is 12.7. The number of rotatable bonds is 10. The Bertz CT molecular complexity index is 1040. The van der Waals surface area contributed by atoms with Crippen molar-refractivity contribution < 1.29 is 14.6 Å². The lowest BCUT2D eigenvalue weighted by atomic mass is 9.69. The standard InChI is InChI=1S/C29H35NO3/c1-20(2)29(30,21(3)4)18-26(23-13-9-6-10-14-23)25-17-24(28(31)32)15-16-27(25)33-19-22-11-7-5-8-12-22/h5-17,20-21,26H,18-19,30H2,1-4H3,(H,31,32).